The third kappa shape index (κ3) is 4.68. The van der Waals surface area contributed by atoms with Crippen LogP contribution in [0.1, 0.15) is 5.56 Å². The van der Waals surface area contributed by atoms with Crippen molar-refractivity contribution in [2.75, 3.05) is 12.9 Å². The number of ether oxygens (including phenoxy) is 1. The van der Waals surface area contributed by atoms with Gasteiger partial charge in [0.2, 0.25) is 0 Å². The van der Waals surface area contributed by atoms with E-state index in [0.717, 1.165) is 3.57 Å². The highest BCUT2D eigenvalue weighted by Crippen LogP contribution is 2.19. The number of rotatable bonds is 6. The lowest BCUT2D eigenvalue weighted by atomic mass is 10.2. The summed E-state index contributed by atoms with van der Waals surface area (Å²) < 4.78 is 36.1. The van der Waals surface area contributed by atoms with Gasteiger partial charge in [0.25, 0.3) is 0 Å². The lowest BCUT2D eigenvalue weighted by Gasteiger charge is -2.03. The standard InChI is InChI=1S/C20H15IO6S/c1-26-17-7-3-13(4-8-17)2-6-16(22)12-28(24,25)19-11-14-10-15(21)5-9-18(14)27-20(19)23/h2-11H,12H2,1H3/b6-2-. The molecule has 8 heteroatoms. The molecule has 144 valence electrons. The average molecular weight is 510 g/mol. The number of ketones is 1. The molecule has 0 unspecified atom stereocenters. The summed E-state index contributed by atoms with van der Waals surface area (Å²) in [5.41, 5.74) is 0.0158. The summed E-state index contributed by atoms with van der Waals surface area (Å²) in [6.07, 6.45) is 2.67. The summed E-state index contributed by atoms with van der Waals surface area (Å²) in [5, 5.41) is 0.478. The van der Waals surface area contributed by atoms with Crippen LogP contribution in [0.4, 0.5) is 0 Å². The number of hydrogen-bond acceptors (Lipinski definition) is 6. The Hall–Kier alpha value is -2.46. The zero-order valence-electron chi connectivity index (χ0n) is 14.7. The summed E-state index contributed by atoms with van der Waals surface area (Å²) in [6.45, 7) is 0. The van der Waals surface area contributed by atoms with Crippen LogP contribution in [0.25, 0.3) is 17.0 Å². The van der Waals surface area contributed by atoms with Gasteiger partial charge >= 0.3 is 5.63 Å². The minimum atomic E-state index is -4.14. The van der Waals surface area contributed by atoms with E-state index in [-0.39, 0.29) is 5.58 Å². The molecule has 6 nitrogen and oxygen atoms in total. The number of carbonyl (C=O) groups is 1. The Morgan fingerprint density at radius 3 is 2.54 bits per heavy atom. The Bertz CT molecular complexity index is 1220. The summed E-state index contributed by atoms with van der Waals surface area (Å²) in [5.74, 6) is -0.790. The smallest absolute Gasteiger partial charge is 0.355 e. The molecule has 3 rings (SSSR count). The predicted molar refractivity (Wildman–Crippen MR) is 114 cm³/mol. The van der Waals surface area contributed by atoms with Crippen LogP contribution in [0, 0.1) is 3.57 Å². The van der Waals surface area contributed by atoms with E-state index in [2.05, 4.69) is 22.6 Å². The SMILES string of the molecule is COc1ccc(/C=C\C(=O)CS(=O)(=O)c2cc3cc(I)ccc3oc2=O)cc1. The fourth-order valence-corrected chi connectivity index (χ4v) is 4.25. The third-order valence-electron chi connectivity index (χ3n) is 3.91. The minimum Gasteiger partial charge on any atom is -0.497 e. The number of benzene rings is 2. The Morgan fingerprint density at radius 1 is 1.14 bits per heavy atom. The van der Waals surface area contributed by atoms with E-state index in [1.54, 1.807) is 49.6 Å². The fourth-order valence-electron chi connectivity index (χ4n) is 2.51. The van der Waals surface area contributed by atoms with Crippen LogP contribution in [0.2, 0.25) is 0 Å². The third-order valence-corrected chi connectivity index (χ3v) is 6.20. The zero-order valence-corrected chi connectivity index (χ0v) is 17.7. The first kappa shape index (κ1) is 20.3. The molecular formula is C20H15IO6S. The molecule has 1 heterocycles. The Morgan fingerprint density at radius 2 is 1.86 bits per heavy atom. The first-order chi connectivity index (χ1) is 13.3. The van der Waals surface area contributed by atoms with Crippen molar-refractivity contribution in [2.24, 2.45) is 0 Å². The van der Waals surface area contributed by atoms with E-state index in [9.17, 15) is 18.0 Å². The van der Waals surface area contributed by atoms with Crippen molar-refractivity contribution in [3.8, 4) is 5.75 Å². The number of hydrogen-bond donors (Lipinski definition) is 0. The van der Waals surface area contributed by atoms with E-state index in [4.69, 9.17) is 9.15 Å². The normalized spacial score (nSPS) is 11.8. The molecule has 0 saturated carbocycles. The van der Waals surface area contributed by atoms with Gasteiger partial charge in [-0.3, -0.25) is 4.79 Å². The van der Waals surface area contributed by atoms with Crippen molar-refractivity contribution in [1.29, 1.82) is 0 Å². The molecule has 0 amide bonds. The highest BCUT2D eigenvalue weighted by Gasteiger charge is 2.23. The molecule has 0 fully saturated rings. The van der Waals surface area contributed by atoms with Crippen LogP contribution < -0.4 is 10.4 Å². The van der Waals surface area contributed by atoms with E-state index in [1.807, 2.05) is 0 Å². The van der Waals surface area contributed by atoms with Gasteiger partial charge in [-0.25, -0.2) is 13.2 Å². The summed E-state index contributed by atoms with van der Waals surface area (Å²) >= 11 is 2.07. The fraction of sp³-hybridized carbons (Fsp3) is 0.100. The molecule has 0 spiro atoms. The molecule has 0 aliphatic rings. The van der Waals surface area contributed by atoms with Crippen molar-refractivity contribution >= 4 is 55.3 Å². The molecule has 3 aromatic rings. The van der Waals surface area contributed by atoms with Gasteiger partial charge < -0.3 is 9.15 Å². The van der Waals surface area contributed by atoms with Crippen molar-refractivity contribution in [1.82, 2.24) is 0 Å². The molecular weight excluding hydrogens is 495 g/mol. The van der Waals surface area contributed by atoms with Gasteiger partial charge in [0, 0.05) is 8.96 Å². The first-order valence-electron chi connectivity index (χ1n) is 8.09. The second-order valence-electron chi connectivity index (χ2n) is 5.91. The molecule has 0 aliphatic carbocycles. The molecule has 1 aromatic heterocycles. The highest BCUT2D eigenvalue weighted by molar-refractivity contribution is 14.1. The Kier molecular flexibility index (Phi) is 5.99. The van der Waals surface area contributed by atoms with Gasteiger partial charge in [0.1, 0.15) is 17.1 Å². The Labute approximate surface area is 174 Å². The first-order valence-corrected chi connectivity index (χ1v) is 10.8. The number of allylic oxidation sites excluding steroid dienone is 1. The van der Waals surface area contributed by atoms with E-state index >= 15 is 0 Å². The largest absolute Gasteiger partial charge is 0.497 e. The van der Waals surface area contributed by atoms with Gasteiger partial charge in [0.15, 0.2) is 20.5 Å². The van der Waals surface area contributed by atoms with Gasteiger partial charge in [-0.1, -0.05) is 18.2 Å². The van der Waals surface area contributed by atoms with Gasteiger partial charge in [0.05, 0.1) is 7.11 Å². The monoisotopic (exact) mass is 510 g/mol. The van der Waals surface area contributed by atoms with Crippen LogP contribution in [-0.4, -0.2) is 27.1 Å². The van der Waals surface area contributed by atoms with Crippen molar-refractivity contribution in [2.45, 2.75) is 4.90 Å². The molecule has 2 aromatic carbocycles. The number of fused-ring (bicyclic) bond motifs is 1. The lowest BCUT2D eigenvalue weighted by molar-refractivity contribution is -0.112. The average Bonchev–Trinajstić information content (AvgIpc) is 2.66. The summed E-state index contributed by atoms with van der Waals surface area (Å²) in [4.78, 5) is 23.7. The van der Waals surface area contributed by atoms with Crippen LogP contribution >= 0.6 is 22.6 Å². The molecule has 0 saturated heterocycles. The van der Waals surface area contributed by atoms with Crippen LogP contribution in [0.15, 0.2) is 68.7 Å². The molecule has 0 bridgehead atoms. The molecule has 0 atom stereocenters. The van der Waals surface area contributed by atoms with E-state index in [1.165, 1.54) is 18.2 Å². The van der Waals surface area contributed by atoms with Crippen molar-refractivity contribution in [3.63, 3.8) is 0 Å². The second kappa shape index (κ2) is 8.27. The van der Waals surface area contributed by atoms with Crippen LogP contribution in [0.5, 0.6) is 5.75 Å². The van der Waals surface area contributed by atoms with Crippen molar-refractivity contribution in [3.05, 3.63) is 74.2 Å². The topological polar surface area (TPSA) is 90.7 Å². The summed E-state index contributed by atoms with van der Waals surface area (Å²) in [7, 11) is -2.59. The number of sulfone groups is 1. The number of carbonyl (C=O) groups excluding carboxylic acids is 1. The van der Waals surface area contributed by atoms with Crippen LogP contribution in [0.3, 0.4) is 0 Å². The Balaban J connectivity index is 1.83. The molecule has 0 aliphatic heterocycles. The van der Waals surface area contributed by atoms with E-state index < -0.39 is 31.9 Å². The van der Waals surface area contributed by atoms with Gasteiger partial charge in [-0.2, -0.15) is 0 Å². The highest BCUT2D eigenvalue weighted by atomic mass is 127. The quantitative estimate of drug-likeness (QED) is 0.287. The summed E-state index contributed by atoms with van der Waals surface area (Å²) in [6, 6.07) is 13.2. The number of halogens is 1. The molecule has 0 radical (unpaired) electrons. The van der Waals surface area contributed by atoms with Crippen LogP contribution in [-0.2, 0) is 14.6 Å². The van der Waals surface area contributed by atoms with E-state index in [0.29, 0.717) is 16.7 Å². The van der Waals surface area contributed by atoms with Crippen molar-refractivity contribution < 1.29 is 22.4 Å². The molecule has 0 N–H and O–H groups in total. The van der Waals surface area contributed by atoms with Gasteiger partial charge in [-0.05, 0) is 70.6 Å². The second-order valence-corrected chi connectivity index (χ2v) is 9.12. The maximum absolute atomic E-state index is 12.6. The number of methoxy groups -OCH3 is 1. The maximum atomic E-state index is 12.6. The zero-order chi connectivity index (χ0) is 20.3. The predicted octanol–water partition coefficient (Wildman–Crippen LogP) is 3.46. The molecule has 28 heavy (non-hydrogen) atoms. The maximum Gasteiger partial charge on any atom is 0.355 e. The lowest BCUT2D eigenvalue weighted by Crippen LogP contribution is -2.20. The minimum absolute atomic E-state index is 0.287. The van der Waals surface area contributed by atoms with Gasteiger partial charge in [-0.15, -0.1) is 0 Å².